The summed E-state index contributed by atoms with van der Waals surface area (Å²) in [4.78, 5) is 5.35. The zero-order valence-electron chi connectivity index (χ0n) is 12.4. The Kier molecular flexibility index (Phi) is 4.42. The van der Waals surface area contributed by atoms with E-state index in [1.807, 2.05) is 0 Å². The standard InChI is InChI=1S/C15H29N3O/c1-15(4-2-5-16-12-15)13-17-6-3-14(11-17)18-7-9-19-10-8-18/h14,16H,2-13H2,1H3. The van der Waals surface area contributed by atoms with Crippen LogP contribution >= 0.6 is 0 Å². The third-order valence-electron chi connectivity index (χ3n) is 5.10. The first kappa shape index (κ1) is 13.8. The highest BCUT2D eigenvalue weighted by Crippen LogP contribution is 2.28. The largest absolute Gasteiger partial charge is 0.379 e. The second kappa shape index (κ2) is 6.08. The van der Waals surface area contributed by atoms with Crippen LogP contribution in [0, 0.1) is 5.41 Å². The topological polar surface area (TPSA) is 27.7 Å². The fourth-order valence-electron chi connectivity index (χ4n) is 3.99. The quantitative estimate of drug-likeness (QED) is 0.818. The number of likely N-dealkylation sites (tertiary alicyclic amines) is 1. The van der Waals surface area contributed by atoms with Gasteiger partial charge in [0.2, 0.25) is 0 Å². The molecule has 19 heavy (non-hydrogen) atoms. The highest BCUT2D eigenvalue weighted by atomic mass is 16.5. The van der Waals surface area contributed by atoms with E-state index in [4.69, 9.17) is 4.74 Å². The molecule has 3 rings (SSSR count). The van der Waals surface area contributed by atoms with Crippen LogP contribution in [0.2, 0.25) is 0 Å². The van der Waals surface area contributed by atoms with E-state index in [9.17, 15) is 0 Å². The first-order chi connectivity index (χ1) is 9.25. The average Bonchev–Trinajstić information content (AvgIpc) is 2.88. The Bertz CT molecular complexity index is 285. The monoisotopic (exact) mass is 267 g/mol. The summed E-state index contributed by atoms with van der Waals surface area (Å²) < 4.78 is 5.46. The minimum atomic E-state index is 0.498. The molecule has 1 N–H and O–H groups in total. The molecule has 0 radical (unpaired) electrons. The average molecular weight is 267 g/mol. The number of morpholine rings is 1. The van der Waals surface area contributed by atoms with Crippen LogP contribution in [0.5, 0.6) is 0 Å². The van der Waals surface area contributed by atoms with Crippen molar-refractivity contribution in [2.45, 2.75) is 32.2 Å². The van der Waals surface area contributed by atoms with Gasteiger partial charge in [-0.3, -0.25) is 4.90 Å². The summed E-state index contributed by atoms with van der Waals surface area (Å²) in [6.07, 6.45) is 4.08. The highest BCUT2D eigenvalue weighted by molar-refractivity contribution is 4.90. The SMILES string of the molecule is CC1(CN2CCC(N3CCOCC3)C2)CCCNC1. The molecule has 2 atom stereocenters. The maximum absolute atomic E-state index is 5.46. The molecule has 4 heteroatoms. The lowest BCUT2D eigenvalue weighted by Crippen LogP contribution is -2.47. The summed E-state index contributed by atoms with van der Waals surface area (Å²) in [6.45, 7) is 12.8. The Balaban J connectivity index is 1.48. The Hall–Kier alpha value is -0.160. The van der Waals surface area contributed by atoms with Crippen LogP contribution in [0.25, 0.3) is 0 Å². The van der Waals surface area contributed by atoms with E-state index in [0.717, 1.165) is 32.3 Å². The van der Waals surface area contributed by atoms with Gasteiger partial charge >= 0.3 is 0 Å². The van der Waals surface area contributed by atoms with Gasteiger partial charge in [-0.2, -0.15) is 0 Å². The predicted octanol–water partition coefficient (Wildman–Crippen LogP) is 0.783. The molecule has 3 aliphatic rings. The number of hydrogen-bond acceptors (Lipinski definition) is 4. The molecule has 0 aromatic heterocycles. The summed E-state index contributed by atoms with van der Waals surface area (Å²) >= 11 is 0. The molecule has 3 heterocycles. The van der Waals surface area contributed by atoms with Crippen molar-refractivity contribution in [1.82, 2.24) is 15.1 Å². The third-order valence-corrected chi connectivity index (χ3v) is 5.10. The minimum absolute atomic E-state index is 0.498. The van der Waals surface area contributed by atoms with E-state index in [2.05, 4.69) is 22.0 Å². The van der Waals surface area contributed by atoms with Gasteiger partial charge in [-0.25, -0.2) is 0 Å². The van der Waals surface area contributed by atoms with Crippen molar-refractivity contribution < 1.29 is 4.74 Å². The van der Waals surface area contributed by atoms with E-state index >= 15 is 0 Å². The zero-order chi connectivity index (χ0) is 13.1. The van der Waals surface area contributed by atoms with Gasteiger partial charge in [-0.1, -0.05) is 6.92 Å². The van der Waals surface area contributed by atoms with Crippen molar-refractivity contribution >= 4 is 0 Å². The molecule has 4 nitrogen and oxygen atoms in total. The molecule has 2 unspecified atom stereocenters. The van der Waals surface area contributed by atoms with E-state index in [1.165, 1.54) is 52.0 Å². The second-order valence-corrected chi connectivity index (χ2v) is 6.92. The molecule has 110 valence electrons. The normalized spacial score (nSPS) is 38.7. The van der Waals surface area contributed by atoms with Gasteiger partial charge in [0.15, 0.2) is 0 Å². The fourth-order valence-corrected chi connectivity index (χ4v) is 3.99. The molecule has 0 bridgehead atoms. The Morgan fingerprint density at radius 2 is 2.11 bits per heavy atom. The van der Waals surface area contributed by atoms with Crippen LogP contribution in [0.4, 0.5) is 0 Å². The predicted molar refractivity (Wildman–Crippen MR) is 77.4 cm³/mol. The molecule has 3 saturated heterocycles. The van der Waals surface area contributed by atoms with Crippen LogP contribution in [0.3, 0.4) is 0 Å². The van der Waals surface area contributed by atoms with Crippen molar-refractivity contribution in [2.24, 2.45) is 5.41 Å². The van der Waals surface area contributed by atoms with Gasteiger partial charge in [-0.05, 0) is 37.8 Å². The number of nitrogens with zero attached hydrogens (tertiary/aromatic N) is 2. The molecule has 0 aromatic rings. The third kappa shape index (κ3) is 3.48. The number of ether oxygens (including phenoxy) is 1. The summed E-state index contributed by atoms with van der Waals surface area (Å²) in [5.74, 6) is 0. The Morgan fingerprint density at radius 3 is 2.84 bits per heavy atom. The second-order valence-electron chi connectivity index (χ2n) is 6.92. The lowest BCUT2D eigenvalue weighted by Gasteiger charge is -2.38. The highest BCUT2D eigenvalue weighted by Gasteiger charge is 2.34. The van der Waals surface area contributed by atoms with Crippen LogP contribution in [0.1, 0.15) is 26.2 Å². The number of nitrogens with one attached hydrogen (secondary N) is 1. The van der Waals surface area contributed by atoms with Crippen molar-refractivity contribution in [1.29, 1.82) is 0 Å². The van der Waals surface area contributed by atoms with Gasteiger partial charge in [0, 0.05) is 38.8 Å². The zero-order valence-corrected chi connectivity index (χ0v) is 12.4. The van der Waals surface area contributed by atoms with Gasteiger partial charge in [-0.15, -0.1) is 0 Å². The fraction of sp³-hybridized carbons (Fsp3) is 1.00. The van der Waals surface area contributed by atoms with Crippen molar-refractivity contribution in [3.63, 3.8) is 0 Å². The van der Waals surface area contributed by atoms with Crippen LogP contribution in [0.15, 0.2) is 0 Å². The number of rotatable bonds is 3. The first-order valence-corrected chi connectivity index (χ1v) is 8.00. The van der Waals surface area contributed by atoms with Crippen LogP contribution in [-0.2, 0) is 4.74 Å². The van der Waals surface area contributed by atoms with E-state index < -0.39 is 0 Å². The van der Waals surface area contributed by atoms with Crippen LogP contribution < -0.4 is 5.32 Å². The maximum Gasteiger partial charge on any atom is 0.0594 e. The number of hydrogen-bond donors (Lipinski definition) is 1. The molecule has 0 aromatic carbocycles. The molecule has 0 saturated carbocycles. The maximum atomic E-state index is 5.46. The lowest BCUT2D eigenvalue weighted by atomic mass is 9.82. The Labute approximate surface area is 117 Å². The minimum Gasteiger partial charge on any atom is -0.379 e. The molecule has 0 aliphatic carbocycles. The smallest absolute Gasteiger partial charge is 0.0594 e. The molecule has 0 amide bonds. The van der Waals surface area contributed by atoms with Gasteiger partial charge in [0.25, 0.3) is 0 Å². The van der Waals surface area contributed by atoms with Crippen molar-refractivity contribution in [3.05, 3.63) is 0 Å². The van der Waals surface area contributed by atoms with Gasteiger partial charge < -0.3 is 15.0 Å². The molecular formula is C15H29N3O. The molecular weight excluding hydrogens is 238 g/mol. The van der Waals surface area contributed by atoms with Crippen molar-refractivity contribution in [3.8, 4) is 0 Å². The molecule has 3 fully saturated rings. The summed E-state index contributed by atoms with van der Waals surface area (Å²) in [5.41, 5.74) is 0.498. The van der Waals surface area contributed by atoms with E-state index in [-0.39, 0.29) is 0 Å². The van der Waals surface area contributed by atoms with Gasteiger partial charge in [0.1, 0.15) is 0 Å². The first-order valence-electron chi connectivity index (χ1n) is 8.00. The summed E-state index contributed by atoms with van der Waals surface area (Å²) in [7, 11) is 0. The molecule has 0 spiro atoms. The van der Waals surface area contributed by atoms with Gasteiger partial charge in [0.05, 0.1) is 13.2 Å². The number of piperidine rings is 1. The van der Waals surface area contributed by atoms with E-state index in [0.29, 0.717) is 5.41 Å². The van der Waals surface area contributed by atoms with Crippen molar-refractivity contribution in [2.75, 3.05) is 59.0 Å². The summed E-state index contributed by atoms with van der Waals surface area (Å²) in [5, 5.41) is 3.57. The lowest BCUT2D eigenvalue weighted by molar-refractivity contribution is 0.0174. The van der Waals surface area contributed by atoms with E-state index in [1.54, 1.807) is 0 Å². The van der Waals surface area contributed by atoms with Crippen LogP contribution in [-0.4, -0.2) is 74.9 Å². The molecule has 3 aliphatic heterocycles. The Morgan fingerprint density at radius 1 is 1.26 bits per heavy atom. The summed E-state index contributed by atoms with van der Waals surface area (Å²) in [6, 6.07) is 0.782.